The van der Waals surface area contributed by atoms with E-state index in [4.69, 9.17) is 9.94 Å². The Balaban J connectivity index is 2.96. The molecule has 0 aliphatic rings. The number of benzene rings is 1. The summed E-state index contributed by atoms with van der Waals surface area (Å²) in [4.78, 5) is 0. The van der Waals surface area contributed by atoms with Gasteiger partial charge in [0.05, 0.1) is 11.8 Å². The van der Waals surface area contributed by atoms with Crippen LogP contribution in [0.25, 0.3) is 0 Å². The lowest BCUT2D eigenvalue weighted by atomic mass is 10.1. The van der Waals surface area contributed by atoms with Crippen molar-refractivity contribution >= 4 is 5.71 Å². The van der Waals surface area contributed by atoms with E-state index in [9.17, 15) is 5.11 Å². The molecule has 0 saturated carbocycles. The number of hydrogen-bond donors (Lipinski definition) is 2. The van der Waals surface area contributed by atoms with Gasteiger partial charge in [0.15, 0.2) is 0 Å². The molecule has 0 radical (unpaired) electrons. The van der Waals surface area contributed by atoms with Crippen molar-refractivity contribution in [3.05, 3.63) is 29.8 Å². The summed E-state index contributed by atoms with van der Waals surface area (Å²) in [5.41, 5.74) is 1.20. The van der Waals surface area contributed by atoms with Gasteiger partial charge in [-0.05, 0) is 32.9 Å². The molecule has 0 aliphatic heterocycles. The molecule has 1 rings (SSSR count). The number of rotatable bonds is 4. The fraction of sp³-hybridized carbons (Fsp3) is 0.417. The predicted octanol–water partition coefficient (Wildman–Crippen LogP) is 2.03. The number of hydrogen-bond acceptors (Lipinski definition) is 4. The molecule has 0 spiro atoms. The van der Waals surface area contributed by atoms with E-state index in [-0.39, 0.29) is 6.10 Å². The van der Waals surface area contributed by atoms with Crippen LogP contribution in [0.4, 0.5) is 0 Å². The van der Waals surface area contributed by atoms with Gasteiger partial charge in [0.2, 0.25) is 0 Å². The number of nitrogens with zero attached hydrogens (tertiary/aromatic N) is 1. The maximum absolute atomic E-state index is 9.36. The minimum atomic E-state index is -0.556. The van der Waals surface area contributed by atoms with E-state index in [0.29, 0.717) is 11.5 Å². The Kier molecular flexibility index (Phi) is 4.31. The highest BCUT2D eigenvalue weighted by Crippen LogP contribution is 2.20. The van der Waals surface area contributed by atoms with E-state index >= 15 is 0 Å². The quantitative estimate of drug-likeness (QED) is 0.466. The molecule has 0 amide bonds. The first-order valence-electron chi connectivity index (χ1n) is 5.19. The molecule has 0 fully saturated rings. The zero-order valence-electron chi connectivity index (χ0n) is 9.71. The van der Waals surface area contributed by atoms with E-state index in [1.54, 1.807) is 32.9 Å². The predicted molar refractivity (Wildman–Crippen MR) is 62.2 cm³/mol. The first-order chi connectivity index (χ1) is 7.56. The molecule has 4 nitrogen and oxygen atoms in total. The van der Waals surface area contributed by atoms with Crippen LogP contribution in [0.2, 0.25) is 0 Å². The van der Waals surface area contributed by atoms with Crippen molar-refractivity contribution in [2.24, 2.45) is 5.16 Å². The van der Waals surface area contributed by atoms with Gasteiger partial charge in [-0.2, -0.15) is 0 Å². The molecule has 2 atom stereocenters. The van der Waals surface area contributed by atoms with Crippen LogP contribution in [0, 0.1) is 0 Å². The average Bonchev–Trinajstić information content (AvgIpc) is 2.28. The van der Waals surface area contributed by atoms with Gasteiger partial charge in [0, 0.05) is 5.56 Å². The summed E-state index contributed by atoms with van der Waals surface area (Å²) >= 11 is 0. The largest absolute Gasteiger partial charge is 0.487 e. The summed E-state index contributed by atoms with van der Waals surface area (Å²) in [6, 6.07) is 7.25. The van der Waals surface area contributed by atoms with Crippen molar-refractivity contribution in [3.63, 3.8) is 0 Å². The molecule has 0 saturated heterocycles. The average molecular weight is 223 g/mol. The Morgan fingerprint density at radius 3 is 2.50 bits per heavy atom. The lowest BCUT2D eigenvalue weighted by Gasteiger charge is -2.19. The van der Waals surface area contributed by atoms with Crippen molar-refractivity contribution in [2.75, 3.05) is 0 Å². The van der Waals surface area contributed by atoms with E-state index in [0.717, 1.165) is 5.56 Å². The zero-order chi connectivity index (χ0) is 12.1. The van der Waals surface area contributed by atoms with E-state index < -0.39 is 6.10 Å². The van der Waals surface area contributed by atoms with Crippen molar-refractivity contribution in [1.82, 2.24) is 0 Å². The molecular weight excluding hydrogens is 206 g/mol. The van der Waals surface area contributed by atoms with Crippen LogP contribution in [-0.2, 0) is 0 Å². The van der Waals surface area contributed by atoms with Crippen molar-refractivity contribution in [3.8, 4) is 5.75 Å². The topological polar surface area (TPSA) is 62.1 Å². The second-order valence-corrected chi connectivity index (χ2v) is 3.75. The number of ether oxygens (including phenoxy) is 1. The Labute approximate surface area is 95.2 Å². The molecular formula is C12H17NO3. The molecule has 88 valence electrons. The van der Waals surface area contributed by atoms with Crippen LogP contribution in [0.3, 0.4) is 0 Å². The molecule has 0 bridgehead atoms. The Morgan fingerprint density at radius 2 is 1.94 bits per heavy atom. The smallest absolute Gasteiger partial charge is 0.129 e. The first-order valence-corrected chi connectivity index (χ1v) is 5.19. The fourth-order valence-corrected chi connectivity index (χ4v) is 1.22. The minimum absolute atomic E-state index is 0.312. The third kappa shape index (κ3) is 2.97. The van der Waals surface area contributed by atoms with Gasteiger partial charge in [-0.15, -0.1) is 0 Å². The molecule has 0 heterocycles. The van der Waals surface area contributed by atoms with E-state index in [2.05, 4.69) is 5.16 Å². The lowest BCUT2D eigenvalue weighted by molar-refractivity contribution is 0.0603. The van der Waals surface area contributed by atoms with Crippen LogP contribution >= 0.6 is 0 Å². The summed E-state index contributed by atoms with van der Waals surface area (Å²) in [5.74, 6) is 0.603. The second-order valence-electron chi connectivity index (χ2n) is 3.75. The third-order valence-electron chi connectivity index (χ3n) is 2.42. The molecule has 4 heteroatoms. The SMILES string of the molecule is CC(=NO)c1ccccc1OC(C)C(C)O. The number of oxime groups is 1. The summed E-state index contributed by atoms with van der Waals surface area (Å²) in [7, 11) is 0. The highest BCUT2D eigenvalue weighted by molar-refractivity contribution is 6.00. The molecule has 0 aliphatic carbocycles. The van der Waals surface area contributed by atoms with Crippen molar-refractivity contribution in [2.45, 2.75) is 33.0 Å². The zero-order valence-corrected chi connectivity index (χ0v) is 9.71. The number of aliphatic hydroxyl groups excluding tert-OH is 1. The van der Waals surface area contributed by atoms with Crippen LogP contribution < -0.4 is 4.74 Å². The maximum atomic E-state index is 9.36. The standard InChI is InChI=1S/C12H17NO3/c1-8(13-15)11-6-4-5-7-12(11)16-10(3)9(2)14/h4-7,9-10,14-15H,1-3H3. The molecule has 16 heavy (non-hydrogen) atoms. The maximum Gasteiger partial charge on any atom is 0.129 e. The monoisotopic (exact) mass is 223 g/mol. The van der Waals surface area contributed by atoms with Crippen molar-refractivity contribution in [1.29, 1.82) is 0 Å². The number of para-hydroxylation sites is 1. The van der Waals surface area contributed by atoms with Gasteiger partial charge in [-0.25, -0.2) is 0 Å². The second kappa shape index (κ2) is 5.51. The summed E-state index contributed by atoms with van der Waals surface area (Å²) in [5, 5.41) is 21.2. The minimum Gasteiger partial charge on any atom is -0.487 e. The Bertz CT molecular complexity index is 374. The van der Waals surface area contributed by atoms with Crippen LogP contribution in [0.15, 0.2) is 29.4 Å². The third-order valence-corrected chi connectivity index (χ3v) is 2.42. The van der Waals surface area contributed by atoms with E-state index in [1.807, 2.05) is 12.1 Å². The van der Waals surface area contributed by atoms with Crippen LogP contribution in [0.1, 0.15) is 26.3 Å². The summed E-state index contributed by atoms with van der Waals surface area (Å²) in [6.07, 6.45) is -0.868. The summed E-state index contributed by atoms with van der Waals surface area (Å²) in [6.45, 7) is 5.14. The lowest BCUT2D eigenvalue weighted by Crippen LogP contribution is -2.26. The van der Waals surface area contributed by atoms with Gasteiger partial charge in [-0.1, -0.05) is 17.3 Å². The molecule has 1 aromatic carbocycles. The van der Waals surface area contributed by atoms with Crippen LogP contribution in [0.5, 0.6) is 5.75 Å². The van der Waals surface area contributed by atoms with Gasteiger partial charge in [0.25, 0.3) is 0 Å². The number of aliphatic hydroxyl groups is 1. The molecule has 2 N–H and O–H groups in total. The Morgan fingerprint density at radius 1 is 1.31 bits per heavy atom. The molecule has 0 aromatic heterocycles. The van der Waals surface area contributed by atoms with Gasteiger partial charge < -0.3 is 15.1 Å². The molecule has 2 unspecified atom stereocenters. The van der Waals surface area contributed by atoms with Crippen LogP contribution in [-0.4, -0.2) is 28.2 Å². The van der Waals surface area contributed by atoms with Gasteiger partial charge >= 0.3 is 0 Å². The molecule has 1 aromatic rings. The normalized spacial score (nSPS) is 15.6. The van der Waals surface area contributed by atoms with Crippen molar-refractivity contribution < 1.29 is 15.1 Å². The highest BCUT2D eigenvalue weighted by Gasteiger charge is 2.13. The Hall–Kier alpha value is -1.55. The van der Waals surface area contributed by atoms with Gasteiger partial charge in [-0.3, -0.25) is 0 Å². The highest BCUT2D eigenvalue weighted by atomic mass is 16.5. The van der Waals surface area contributed by atoms with Gasteiger partial charge in [0.1, 0.15) is 11.9 Å². The van der Waals surface area contributed by atoms with E-state index in [1.165, 1.54) is 0 Å². The first kappa shape index (κ1) is 12.5. The summed E-state index contributed by atoms with van der Waals surface area (Å²) < 4.78 is 5.59. The fourth-order valence-electron chi connectivity index (χ4n) is 1.22.